The summed E-state index contributed by atoms with van der Waals surface area (Å²) in [4.78, 5) is 11.7. The van der Waals surface area contributed by atoms with Crippen molar-refractivity contribution in [2.45, 2.75) is 17.5 Å². The van der Waals surface area contributed by atoms with Gasteiger partial charge in [-0.15, -0.1) is 0 Å². The van der Waals surface area contributed by atoms with E-state index < -0.39 is 39.1 Å². The Morgan fingerprint density at radius 1 is 0.871 bits per heavy atom. The van der Waals surface area contributed by atoms with Crippen molar-refractivity contribution in [1.29, 1.82) is 0 Å². The first-order valence-electron chi connectivity index (χ1n) is 9.24. The van der Waals surface area contributed by atoms with Crippen molar-refractivity contribution >= 4 is 21.6 Å². The maximum Gasteiger partial charge on any atom is 0.416 e. The molecule has 0 aliphatic heterocycles. The number of alkyl halides is 3. The van der Waals surface area contributed by atoms with Gasteiger partial charge in [-0.3, -0.25) is 4.79 Å². The zero-order chi connectivity index (χ0) is 22.5. The molecule has 0 saturated carbocycles. The summed E-state index contributed by atoms with van der Waals surface area (Å²) >= 11 is 0. The minimum Gasteiger partial charge on any atom is -0.325 e. The number of hydrogen-bond acceptors (Lipinski definition) is 3. The summed E-state index contributed by atoms with van der Waals surface area (Å²) in [5.74, 6) is -0.643. The maximum absolute atomic E-state index is 12.8. The van der Waals surface area contributed by atoms with Crippen LogP contribution in [0.5, 0.6) is 0 Å². The van der Waals surface area contributed by atoms with E-state index in [0.717, 1.165) is 29.3 Å². The van der Waals surface area contributed by atoms with Gasteiger partial charge in [-0.25, -0.2) is 13.1 Å². The fourth-order valence-electron chi connectivity index (χ4n) is 2.89. The number of sulfonamides is 1. The molecule has 9 heteroatoms. The molecule has 0 aromatic heterocycles. The van der Waals surface area contributed by atoms with Gasteiger partial charge < -0.3 is 5.32 Å². The lowest BCUT2D eigenvalue weighted by Crippen LogP contribution is -2.33. The van der Waals surface area contributed by atoms with Crippen LogP contribution in [0.15, 0.2) is 83.8 Å². The number of anilines is 1. The second-order valence-corrected chi connectivity index (χ2v) is 8.48. The quantitative estimate of drug-likeness (QED) is 0.569. The van der Waals surface area contributed by atoms with Crippen LogP contribution in [-0.2, 0) is 27.4 Å². The SMILES string of the molecule is O=C(CNS(=O)(=O)c1cccc(C(F)(F)F)c1)Nc1ccccc1Cc1ccccc1. The van der Waals surface area contributed by atoms with Crippen molar-refractivity contribution in [3.05, 3.63) is 95.6 Å². The average Bonchev–Trinajstić information content (AvgIpc) is 2.74. The molecule has 0 spiro atoms. The Labute approximate surface area is 178 Å². The number of para-hydroxylation sites is 1. The highest BCUT2D eigenvalue weighted by molar-refractivity contribution is 7.89. The van der Waals surface area contributed by atoms with Gasteiger partial charge in [0, 0.05) is 5.69 Å². The van der Waals surface area contributed by atoms with Gasteiger partial charge in [-0.2, -0.15) is 13.2 Å². The van der Waals surface area contributed by atoms with Crippen LogP contribution in [0.3, 0.4) is 0 Å². The minimum absolute atomic E-state index is 0.523. The van der Waals surface area contributed by atoms with Crippen molar-refractivity contribution in [2.75, 3.05) is 11.9 Å². The summed E-state index contributed by atoms with van der Waals surface area (Å²) in [5.41, 5.74) is 1.31. The summed E-state index contributed by atoms with van der Waals surface area (Å²) in [7, 11) is -4.30. The Bertz CT molecular complexity index is 1160. The predicted molar refractivity (Wildman–Crippen MR) is 111 cm³/mol. The summed E-state index contributed by atoms with van der Waals surface area (Å²) in [6.45, 7) is -0.627. The van der Waals surface area contributed by atoms with Gasteiger partial charge in [0.05, 0.1) is 17.0 Å². The van der Waals surface area contributed by atoms with Gasteiger partial charge in [0.2, 0.25) is 15.9 Å². The van der Waals surface area contributed by atoms with E-state index in [0.29, 0.717) is 18.2 Å². The molecule has 0 radical (unpaired) electrons. The first kappa shape index (κ1) is 22.5. The van der Waals surface area contributed by atoms with E-state index in [2.05, 4.69) is 5.32 Å². The lowest BCUT2D eigenvalue weighted by atomic mass is 10.0. The third kappa shape index (κ3) is 6.16. The topological polar surface area (TPSA) is 75.3 Å². The second kappa shape index (κ2) is 9.32. The lowest BCUT2D eigenvalue weighted by molar-refractivity contribution is -0.137. The summed E-state index contributed by atoms with van der Waals surface area (Å²) in [6, 6.07) is 20.0. The highest BCUT2D eigenvalue weighted by Gasteiger charge is 2.31. The molecule has 3 rings (SSSR count). The van der Waals surface area contributed by atoms with Gasteiger partial charge in [0.15, 0.2) is 0 Å². The molecule has 0 saturated heterocycles. The Kier molecular flexibility index (Phi) is 6.77. The summed E-state index contributed by atoms with van der Waals surface area (Å²) in [5, 5.41) is 2.64. The maximum atomic E-state index is 12.8. The fraction of sp³-hybridized carbons (Fsp3) is 0.136. The van der Waals surface area contributed by atoms with E-state index in [9.17, 15) is 26.4 Å². The summed E-state index contributed by atoms with van der Waals surface area (Å²) in [6.07, 6.45) is -4.11. The van der Waals surface area contributed by atoms with Crippen molar-refractivity contribution in [3.63, 3.8) is 0 Å². The van der Waals surface area contributed by atoms with Gasteiger partial charge in [0.25, 0.3) is 0 Å². The van der Waals surface area contributed by atoms with Crippen LogP contribution in [0.2, 0.25) is 0 Å². The van der Waals surface area contributed by atoms with Crippen LogP contribution in [0.4, 0.5) is 18.9 Å². The van der Waals surface area contributed by atoms with Gasteiger partial charge in [-0.1, -0.05) is 54.6 Å². The standard InChI is InChI=1S/C22H19F3N2O3S/c23-22(24,25)18-10-6-11-19(14-18)31(29,30)26-15-21(28)27-20-12-5-4-9-17(20)13-16-7-2-1-3-8-16/h1-12,14,26H,13,15H2,(H,27,28). The second-order valence-electron chi connectivity index (χ2n) is 6.72. The van der Waals surface area contributed by atoms with Crippen LogP contribution in [0.1, 0.15) is 16.7 Å². The van der Waals surface area contributed by atoms with E-state index >= 15 is 0 Å². The molecule has 3 aromatic carbocycles. The highest BCUT2D eigenvalue weighted by Crippen LogP contribution is 2.30. The number of nitrogens with one attached hydrogen (secondary N) is 2. The predicted octanol–water partition coefficient (Wildman–Crippen LogP) is 4.21. The Balaban J connectivity index is 1.67. The Morgan fingerprint density at radius 3 is 2.26 bits per heavy atom. The number of rotatable bonds is 7. The van der Waals surface area contributed by atoms with Crippen molar-refractivity contribution in [1.82, 2.24) is 4.72 Å². The zero-order valence-electron chi connectivity index (χ0n) is 16.2. The average molecular weight is 448 g/mol. The fourth-order valence-corrected chi connectivity index (χ4v) is 3.92. The van der Waals surface area contributed by atoms with E-state index in [1.165, 1.54) is 0 Å². The monoisotopic (exact) mass is 448 g/mol. The lowest BCUT2D eigenvalue weighted by Gasteiger charge is -2.13. The van der Waals surface area contributed by atoms with E-state index in [1.54, 1.807) is 12.1 Å². The third-order valence-electron chi connectivity index (χ3n) is 4.42. The zero-order valence-corrected chi connectivity index (χ0v) is 17.0. The van der Waals surface area contributed by atoms with Crippen molar-refractivity contribution in [2.24, 2.45) is 0 Å². The molecule has 0 fully saturated rings. The number of halogens is 3. The minimum atomic E-state index is -4.68. The van der Waals surface area contributed by atoms with Crippen molar-refractivity contribution < 1.29 is 26.4 Å². The van der Waals surface area contributed by atoms with Gasteiger partial charge >= 0.3 is 6.18 Å². The number of carbonyl (C=O) groups excluding carboxylic acids is 1. The summed E-state index contributed by atoms with van der Waals surface area (Å²) < 4.78 is 65.2. The van der Waals surface area contributed by atoms with Crippen molar-refractivity contribution in [3.8, 4) is 0 Å². The molecule has 2 N–H and O–H groups in total. The molecule has 0 heterocycles. The molecule has 0 atom stereocenters. The molecular formula is C22H19F3N2O3S. The molecule has 5 nitrogen and oxygen atoms in total. The van der Waals surface area contributed by atoms with Crippen LogP contribution in [-0.4, -0.2) is 20.9 Å². The molecule has 162 valence electrons. The normalized spacial score (nSPS) is 11.8. The molecule has 0 aliphatic carbocycles. The molecule has 1 amide bonds. The number of hydrogen-bond donors (Lipinski definition) is 2. The van der Waals surface area contributed by atoms with Crippen LogP contribution in [0, 0.1) is 0 Å². The highest BCUT2D eigenvalue weighted by atomic mass is 32.2. The smallest absolute Gasteiger partial charge is 0.325 e. The van der Waals surface area contributed by atoms with Gasteiger partial charge in [-0.05, 0) is 41.8 Å². The molecule has 3 aromatic rings. The number of benzene rings is 3. The van der Waals surface area contributed by atoms with E-state index in [-0.39, 0.29) is 0 Å². The molecular weight excluding hydrogens is 429 g/mol. The number of carbonyl (C=O) groups is 1. The largest absolute Gasteiger partial charge is 0.416 e. The number of amides is 1. The molecule has 0 unspecified atom stereocenters. The first-order chi connectivity index (χ1) is 14.6. The molecule has 0 bridgehead atoms. The third-order valence-corrected chi connectivity index (χ3v) is 5.82. The van der Waals surface area contributed by atoms with Crippen LogP contribution >= 0.6 is 0 Å². The molecule has 0 aliphatic rings. The Hall–Kier alpha value is -3.17. The van der Waals surface area contributed by atoms with E-state index in [1.807, 2.05) is 47.2 Å². The van der Waals surface area contributed by atoms with Crippen LogP contribution in [0.25, 0.3) is 0 Å². The first-order valence-corrected chi connectivity index (χ1v) is 10.7. The van der Waals surface area contributed by atoms with Crippen LogP contribution < -0.4 is 10.0 Å². The van der Waals surface area contributed by atoms with E-state index in [4.69, 9.17) is 0 Å². The Morgan fingerprint density at radius 2 is 1.55 bits per heavy atom. The molecule has 31 heavy (non-hydrogen) atoms. The van der Waals surface area contributed by atoms with Gasteiger partial charge in [0.1, 0.15) is 0 Å².